The van der Waals surface area contributed by atoms with Crippen molar-refractivity contribution in [2.45, 2.75) is 12.2 Å². The highest BCUT2D eigenvalue weighted by atomic mass is 19.4. The number of nitrogens with one attached hydrogen (secondary N) is 3. The van der Waals surface area contributed by atoms with Gasteiger partial charge in [0.1, 0.15) is 11.7 Å². The van der Waals surface area contributed by atoms with Crippen LogP contribution in [0.1, 0.15) is 17.2 Å². The van der Waals surface area contributed by atoms with Gasteiger partial charge in [-0.3, -0.25) is 4.79 Å². The number of hydrogen-bond donors (Lipinski definition) is 3. The van der Waals surface area contributed by atoms with Crippen LogP contribution < -0.4 is 20.7 Å². The maximum atomic E-state index is 13.1. The standard InChI is InChI=1S/C20H18F3N3O3/c1-11-16(18(27)25-14-6-8-15(29-2)9-7-14)17(26-19(28)24-11)12-4-3-5-13(10-12)20(21,22)23/h3-10,16-17H,1H2,2H3,(H,25,27)(H2,24,26,28)/t16-,17+/m1/s1. The smallest absolute Gasteiger partial charge is 0.416 e. The zero-order chi connectivity index (χ0) is 21.2. The zero-order valence-corrected chi connectivity index (χ0v) is 15.3. The highest BCUT2D eigenvalue weighted by molar-refractivity contribution is 5.97. The van der Waals surface area contributed by atoms with Crippen molar-refractivity contribution in [1.29, 1.82) is 0 Å². The minimum Gasteiger partial charge on any atom is -0.497 e. The fourth-order valence-corrected chi connectivity index (χ4v) is 3.07. The van der Waals surface area contributed by atoms with E-state index in [4.69, 9.17) is 4.74 Å². The van der Waals surface area contributed by atoms with Crippen LogP contribution >= 0.6 is 0 Å². The van der Waals surface area contributed by atoms with E-state index in [-0.39, 0.29) is 11.3 Å². The van der Waals surface area contributed by atoms with Crippen molar-refractivity contribution in [3.05, 3.63) is 71.9 Å². The van der Waals surface area contributed by atoms with Gasteiger partial charge in [0.2, 0.25) is 5.91 Å². The van der Waals surface area contributed by atoms with Crippen LogP contribution in [0, 0.1) is 5.92 Å². The fraction of sp³-hybridized carbons (Fsp3) is 0.200. The molecule has 0 saturated carbocycles. The maximum absolute atomic E-state index is 13.1. The van der Waals surface area contributed by atoms with Crippen molar-refractivity contribution >= 4 is 17.6 Å². The molecule has 1 saturated heterocycles. The molecule has 6 nitrogen and oxygen atoms in total. The third kappa shape index (κ3) is 4.50. The van der Waals surface area contributed by atoms with Gasteiger partial charge in [-0.05, 0) is 42.0 Å². The Morgan fingerprint density at radius 1 is 1.17 bits per heavy atom. The Labute approximate surface area is 164 Å². The normalized spacial score (nSPS) is 19.2. The van der Waals surface area contributed by atoms with Gasteiger partial charge in [0.25, 0.3) is 0 Å². The number of methoxy groups -OCH3 is 1. The Kier molecular flexibility index (Phi) is 5.49. The van der Waals surface area contributed by atoms with Crippen molar-refractivity contribution in [1.82, 2.24) is 10.6 Å². The first-order valence-corrected chi connectivity index (χ1v) is 8.57. The van der Waals surface area contributed by atoms with Crippen molar-refractivity contribution in [2.75, 3.05) is 12.4 Å². The molecular formula is C20H18F3N3O3. The Morgan fingerprint density at radius 3 is 2.48 bits per heavy atom. The molecule has 3 amide bonds. The van der Waals surface area contributed by atoms with E-state index >= 15 is 0 Å². The van der Waals surface area contributed by atoms with E-state index in [1.54, 1.807) is 24.3 Å². The fourth-order valence-electron chi connectivity index (χ4n) is 3.07. The van der Waals surface area contributed by atoms with Gasteiger partial charge in [0.15, 0.2) is 0 Å². The van der Waals surface area contributed by atoms with Crippen molar-refractivity contribution in [3.8, 4) is 5.75 Å². The van der Waals surface area contributed by atoms with Gasteiger partial charge in [0.05, 0.1) is 18.7 Å². The molecule has 9 heteroatoms. The molecule has 152 valence electrons. The van der Waals surface area contributed by atoms with Gasteiger partial charge in [-0.15, -0.1) is 0 Å². The predicted molar refractivity (Wildman–Crippen MR) is 100 cm³/mol. The quantitative estimate of drug-likeness (QED) is 0.723. The van der Waals surface area contributed by atoms with Gasteiger partial charge < -0.3 is 20.7 Å². The molecule has 0 radical (unpaired) electrons. The molecule has 0 unspecified atom stereocenters. The molecule has 0 aliphatic carbocycles. The van der Waals surface area contributed by atoms with Crippen LogP contribution in [0.5, 0.6) is 5.75 Å². The summed E-state index contributed by atoms with van der Waals surface area (Å²) < 4.78 is 44.3. The van der Waals surface area contributed by atoms with E-state index < -0.39 is 35.6 Å². The summed E-state index contributed by atoms with van der Waals surface area (Å²) in [6.45, 7) is 3.71. The summed E-state index contributed by atoms with van der Waals surface area (Å²) in [6.07, 6.45) is -4.55. The molecule has 2 aromatic rings. The number of carbonyl (C=O) groups excluding carboxylic acids is 2. The Hall–Kier alpha value is -3.49. The topological polar surface area (TPSA) is 79.5 Å². The second-order valence-corrected chi connectivity index (χ2v) is 6.42. The first kappa shape index (κ1) is 20.2. The largest absolute Gasteiger partial charge is 0.497 e. The van der Waals surface area contributed by atoms with Crippen molar-refractivity contribution in [3.63, 3.8) is 0 Å². The SMILES string of the molecule is C=C1NC(=O)N[C@@H](c2cccc(C(F)(F)F)c2)[C@@H]1C(=O)Nc1ccc(OC)cc1. The lowest BCUT2D eigenvalue weighted by molar-refractivity contribution is -0.137. The maximum Gasteiger partial charge on any atom is 0.416 e. The molecule has 1 aliphatic rings. The number of ether oxygens (including phenoxy) is 1. The number of halogens is 3. The Balaban J connectivity index is 1.90. The number of benzene rings is 2. The summed E-state index contributed by atoms with van der Waals surface area (Å²) in [7, 11) is 1.51. The lowest BCUT2D eigenvalue weighted by Gasteiger charge is -2.34. The van der Waals surface area contributed by atoms with Crippen molar-refractivity contribution in [2.24, 2.45) is 5.92 Å². The molecule has 0 aromatic heterocycles. The first-order valence-electron chi connectivity index (χ1n) is 8.57. The molecule has 29 heavy (non-hydrogen) atoms. The average molecular weight is 405 g/mol. The van der Waals surface area contributed by atoms with Crippen LogP contribution in [-0.4, -0.2) is 19.0 Å². The van der Waals surface area contributed by atoms with Gasteiger partial charge in [-0.2, -0.15) is 13.2 Å². The van der Waals surface area contributed by atoms with Gasteiger partial charge in [-0.25, -0.2) is 4.79 Å². The number of amides is 3. The van der Waals surface area contributed by atoms with Crippen LogP contribution in [0.2, 0.25) is 0 Å². The molecule has 1 fully saturated rings. The zero-order valence-electron chi connectivity index (χ0n) is 15.3. The minimum atomic E-state index is -4.55. The molecule has 1 aliphatic heterocycles. The minimum absolute atomic E-state index is 0.0853. The van der Waals surface area contributed by atoms with Gasteiger partial charge in [0, 0.05) is 11.4 Å². The molecule has 0 bridgehead atoms. The van der Waals surface area contributed by atoms with Crippen LogP contribution in [0.4, 0.5) is 23.7 Å². The van der Waals surface area contributed by atoms with Gasteiger partial charge in [-0.1, -0.05) is 18.7 Å². The summed E-state index contributed by atoms with van der Waals surface area (Å²) in [5.74, 6) is -0.964. The number of urea groups is 1. The van der Waals surface area contributed by atoms with Crippen LogP contribution in [-0.2, 0) is 11.0 Å². The predicted octanol–water partition coefficient (Wildman–Crippen LogP) is 3.84. The van der Waals surface area contributed by atoms with Crippen LogP contribution in [0.25, 0.3) is 0 Å². The van der Waals surface area contributed by atoms with E-state index in [0.29, 0.717) is 11.4 Å². The summed E-state index contributed by atoms with van der Waals surface area (Å²) in [5, 5.41) is 7.61. The number of rotatable bonds is 4. The monoisotopic (exact) mass is 405 g/mol. The van der Waals surface area contributed by atoms with E-state index in [9.17, 15) is 22.8 Å². The highest BCUT2D eigenvalue weighted by Gasteiger charge is 2.39. The van der Waals surface area contributed by atoms with Crippen LogP contribution in [0.15, 0.2) is 60.8 Å². The Bertz CT molecular complexity index is 942. The highest BCUT2D eigenvalue weighted by Crippen LogP contribution is 2.35. The van der Waals surface area contributed by atoms with E-state index in [2.05, 4.69) is 22.5 Å². The number of anilines is 1. The van der Waals surface area contributed by atoms with Crippen molar-refractivity contribution < 1.29 is 27.5 Å². The summed E-state index contributed by atoms with van der Waals surface area (Å²) in [6, 6.07) is 9.36. The van der Waals surface area contributed by atoms with E-state index in [1.165, 1.54) is 19.2 Å². The third-order valence-corrected chi connectivity index (χ3v) is 4.48. The number of alkyl halides is 3. The molecular weight excluding hydrogens is 387 g/mol. The molecule has 0 spiro atoms. The molecule has 2 atom stereocenters. The van der Waals surface area contributed by atoms with E-state index in [0.717, 1.165) is 12.1 Å². The van der Waals surface area contributed by atoms with Gasteiger partial charge >= 0.3 is 12.2 Å². The molecule has 1 heterocycles. The summed E-state index contributed by atoms with van der Waals surface area (Å²) in [4.78, 5) is 24.8. The lowest BCUT2D eigenvalue weighted by atomic mass is 9.87. The number of hydrogen-bond acceptors (Lipinski definition) is 3. The lowest BCUT2D eigenvalue weighted by Crippen LogP contribution is -2.51. The van der Waals surface area contributed by atoms with E-state index in [1.807, 2.05) is 0 Å². The third-order valence-electron chi connectivity index (χ3n) is 4.48. The number of carbonyl (C=O) groups is 2. The van der Waals surface area contributed by atoms with Crippen LogP contribution in [0.3, 0.4) is 0 Å². The average Bonchev–Trinajstić information content (AvgIpc) is 2.67. The first-order chi connectivity index (χ1) is 13.7. The second-order valence-electron chi connectivity index (χ2n) is 6.42. The second kappa shape index (κ2) is 7.86. The molecule has 2 aromatic carbocycles. The molecule has 3 N–H and O–H groups in total. The Morgan fingerprint density at radius 2 is 1.86 bits per heavy atom. The molecule has 3 rings (SSSR count). The summed E-state index contributed by atoms with van der Waals surface area (Å²) >= 11 is 0. The summed E-state index contributed by atoms with van der Waals surface area (Å²) in [5.41, 5.74) is -0.182.